The first-order chi connectivity index (χ1) is 10.6. The normalized spacial score (nSPS) is 31.5. The number of hydrogen-bond donors (Lipinski definition) is 2. The Bertz CT molecular complexity index is 541. The maximum absolute atomic E-state index is 11.1. The fraction of sp³-hybridized carbons (Fsp3) is 0.667. The molecular formula is C18H27NO3. The van der Waals surface area contributed by atoms with E-state index >= 15 is 0 Å². The number of piperidine rings is 1. The second-order valence-electron chi connectivity index (χ2n) is 6.65. The lowest BCUT2D eigenvalue weighted by atomic mass is 9.66. The van der Waals surface area contributed by atoms with Crippen LogP contribution in [0.1, 0.15) is 49.3 Å². The molecule has 1 saturated heterocycles. The molecule has 1 aliphatic carbocycles. The van der Waals surface area contributed by atoms with E-state index in [4.69, 9.17) is 9.47 Å². The van der Waals surface area contributed by atoms with Gasteiger partial charge in [-0.2, -0.15) is 0 Å². The first-order valence-electron chi connectivity index (χ1n) is 8.28. The maximum atomic E-state index is 11.1. The van der Waals surface area contributed by atoms with Crippen LogP contribution in [0.25, 0.3) is 0 Å². The molecule has 2 aliphatic rings. The first-order valence-corrected chi connectivity index (χ1v) is 8.28. The van der Waals surface area contributed by atoms with Crippen LogP contribution in [0.3, 0.4) is 0 Å². The minimum absolute atomic E-state index is 0.151. The zero-order valence-corrected chi connectivity index (χ0v) is 13.8. The van der Waals surface area contributed by atoms with E-state index in [2.05, 4.69) is 11.4 Å². The third-order valence-corrected chi connectivity index (χ3v) is 5.54. The van der Waals surface area contributed by atoms with Crippen molar-refractivity contribution in [2.24, 2.45) is 5.92 Å². The van der Waals surface area contributed by atoms with Crippen LogP contribution < -0.4 is 14.8 Å². The first kappa shape index (κ1) is 15.6. The molecule has 3 unspecified atom stereocenters. The van der Waals surface area contributed by atoms with E-state index in [1.165, 1.54) is 6.42 Å². The van der Waals surface area contributed by atoms with Gasteiger partial charge in [0, 0.05) is 23.1 Å². The molecule has 3 rings (SSSR count). The molecule has 1 aromatic carbocycles. The number of aliphatic hydroxyl groups is 1. The van der Waals surface area contributed by atoms with Crippen molar-refractivity contribution in [1.82, 2.24) is 5.32 Å². The molecule has 0 aromatic heterocycles. The molecule has 0 bridgehead atoms. The molecule has 4 nitrogen and oxygen atoms in total. The Kier molecular flexibility index (Phi) is 4.33. The summed E-state index contributed by atoms with van der Waals surface area (Å²) < 4.78 is 11.1. The van der Waals surface area contributed by atoms with Gasteiger partial charge in [-0.3, -0.25) is 0 Å². The summed E-state index contributed by atoms with van der Waals surface area (Å²) in [5.74, 6) is 1.98. The summed E-state index contributed by atoms with van der Waals surface area (Å²) >= 11 is 0. The Balaban J connectivity index is 2.01. The second-order valence-corrected chi connectivity index (χ2v) is 6.65. The van der Waals surface area contributed by atoms with Gasteiger partial charge >= 0.3 is 0 Å². The number of ether oxygens (including phenoxy) is 2. The van der Waals surface area contributed by atoms with Gasteiger partial charge in [0.15, 0.2) is 0 Å². The predicted octanol–water partition coefficient (Wildman–Crippen LogP) is 2.97. The van der Waals surface area contributed by atoms with Crippen LogP contribution >= 0.6 is 0 Å². The third-order valence-electron chi connectivity index (χ3n) is 5.54. The minimum atomic E-state index is -0.521. The molecular weight excluding hydrogens is 278 g/mol. The molecule has 122 valence electrons. The van der Waals surface area contributed by atoms with Crippen LogP contribution in [0.4, 0.5) is 0 Å². The average molecular weight is 305 g/mol. The van der Waals surface area contributed by atoms with E-state index in [-0.39, 0.29) is 12.0 Å². The molecule has 22 heavy (non-hydrogen) atoms. The van der Waals surface area contributed by atoms with Crippen LogP contribution in [0.2, 0.25) is 0 Å². The van der Waals surface area contributed by atoms with Gasteiger partial charge in [0.05, 0.1) is 19.8 Å². The summed E-state index contributed by atoms with van der Waals surface area (Å²) in [6.45, 7) is 2.88. The van der Waals surface area contributed by atoms with Crippen LogP contribution in [0.15, 0.2) is 12.1 Å². The van der Waals surface area contributed by atoms with E-state index in [0.717, 1.165) is 54.9 Å². The lowest BCUT2D eigenvalue weighted by molar-refractivity contribution is -0.0863. The number of hydrogen-bond acceptors (Lipinski definition) is 4. The van der Waals surface area contributed by atoms with Crippen molar-refractivity contribution in [3.8, 4) is 11.5 Å². The molecule has 1 aromatic rings. The predicted molar refractivity (Wildman–Crippen MR) is 86.6 cm³/mol. The van der Waals surface area contributed by atoms with E-state index in [1.54, 1.807) is 14.2 Å². The molecule has 0 spiro atoms. The van der Waals surface area contributed by atoms with Gasteiger partial charge in [-0.05, 0) is 38.8 Å². The lowest BCUT2D eigenvalue weighted by Gasteiger charge is -2.48. The standard InChI is InChI=1S/C18H27NO3/c1-12-15(21-2)8-7-13(17(12)22-3)16-14-6-4-5-9-18(14,20)10-11-19-16/h7-8,14,16,19-20H,4-6,9-11H2,1-3H3. The minimum Gasteiger partial charge on any atom is -0.496 e. The average Bonchev–Trinajstić information content (AvgIpc) is 2.53. The van der Waals surface area contributed by atoms with Crippen LogP contribution in [0.5, 0.6) is 11.5 Å². The van der Waals surface area contributed by atoms with Crippen LogP contribution in [0, 0.1) is 12.8 Å². The van der Waals surface area contributed by atoms with Gasteiger partial charge < -0.3 is 19.9 Å². The van der Waals surface area contributed by atoms with Crippen molar-refractivity contribution in [1.29, 1.82) is 0 Å². The van der Waals surface area contributed by atoms with Gasteiger partial charge in [-0.15, -0.1) is 0 Å². The number of benzene rings is 1. The van der Waals surface area contributed by atoms with Crippen molar-refractivity contribution in [2.75, 3.05) is 20.8 Å². The van der Waals surface area contributed by atoms with Crippen LogP contribution in [-0.4, -0.2) is 31.5 Å². The van der Waals surface area contributed by atoms with Gasteiger partial charge in [0.2, 0.25) is 0 Å². The van der Waals surface area contributed by atoms with Gasteiger partial charge in [0.1, 0.15) is 11.5 Å². The molecule has 1 heterocycles. The summed E-state index contributed by atoms with van der Waals surface area (Å²) in [4.78, 5) is 0. The summed E-state index contributed by atoms with van der Waals surface area (Å²) in [5.41, 5.74) is 1.65. The zero-order valence-electron chi connectivity index (χ0n) is 13.8. The van der Waals surface area contributed by atoms with Crippen molar-refractivity contribution in [3.63, 3.8) is 0 Å². The Morgan fingerprint density at radius 3 is 2.73 bits per heavy atom. The highest BCUT2D eigenvalue weighted by Gasteiger charge is 2.46. The zero-order chi connectivity index (χ0) is 15.7. The molecule has 3 atom stereocenters. The fourth-order valence-electron chi connectivity index (χ4n) is 4.38. The van der Waals surface area contributed by atoms with Crippen molar-refractivity contribution >= 4 is 0 Å². The van der Waals surface area contributed by atoms with Gasteiger partial charge in [0.25, 0.3) is 0 Å². The number of fused-ring (bicyclic) bond motifs is 1. The topological polar surface area (TPSA) is 50.7 Å². The molecule has 1 aliphatic heterocycles. The Morgan fingerprint density at radius 2 is 2.00 bits per heavy atom. The molecule has 0 amide bonds. The molecule has 0 radical (unpaired) electrons. The van der Waals surface area contributed by atoms with E-state index in [9.17, 15) is 5.11 Å². The summed E-state index contributed by atoms with van der Waals surface area (Å²) in [6.07, 6.45) is 5.18. The largest absolute Gasteiger partial charge is 0.496 e. The second kappa shape index (κ2) is 6.09. The lowest BCUT2D eigenvalue weighted by Crippen LogP contribution is -2.53. The van der Waals surface area contributed by atoms with E-state index in [0.29, 0.717) is 0 Å². The summed E-state index contributed by atoms with van der Waals surface area (Å²) in [5, 5.41) is 14.7. The number of rotatable bonds is 3. The Labute approximate surface area is 132 Å². The smallest absolute Gasteiger partial charge is 0.130 e. The SMILES string of the molecule is COc1ccc(C2NCCC3(O)CCCCC23)c(OC)c1C. The van der Waals surface area contributed by atoms with E-state index in [1.807, 2.05) is 13.0 Å². The molecule has 2 N–H and O–H groups in total. The monoisotopic (exact) mass is 305 g/mol. The fourth-order valence-corrected chi connectivity index (χ4v) is 4.38. The van der Waals surface area contributed by atoms with Crippen LogP contribution in [-0.2, 0) is 0 Å². The highest BCUT2D eigenvalue weighted by molar-refractivity contribution is 5.51. The van der Waals surface area contributed by atoms with Gasteiger partial charge in [-0.1, -0.05) is 18.9 Å². The molecule has 1 saturated carbocycles. The third kappa shape index (κ3) is 2.48. The highest BCUT2D eigenvalue weighted by Crippen LogP contribution is 2.48. The van der Waals surface area contributed by atoms with Gasteiger partial charge in [-0.25, -0.2) is 0 Å². The highest BCUT2D eigenvalue weighted by atomic mass is 16.5. The van der Waals surface area contributed by atoms with Crippen molar-refractivity contribution in [2.45, 2.75) is 50.7 Å². The quantitative estimate of drug-likeness (QED) is 0.901. The Morgan fingerprint density at radius 1 is 1.18 bits per heavy atom. The number of methoxy groups -OCH3 is 2. The Hall–Kier alpha value is -1.26. The molecule has 2 fully saturated rings. The van der Waals surface area contributed by atoms with Crippen molar-refractivity contribution < 1.29 is 14.6 Å². The molecule has 4 heteroatoms. The number of nitrogens with one attached hydrogen (secondary N) is 1. The van der Waals surface area contributed by atoms with Crippen molar-refractivity contribution in [3.05, 3.63) is 23.3 Å². The maximum Gasteiger partial charge on any atom is 0.130 e. The summed E-state index contributed by atoms with van der Waals surface area (Å²) in [6, 6.07) is 4.24. The summed E-state index contributed by atoms with van der Waals surface area (Å²) in [7, 11) is 3.39. The van der Waals surface area contributed by atoms with E-state index < -0.39 is 5.60 Å².